The predicted octanol–water partition coefficient (Wildman–Crippen LogP) is 3.21. The molecule has 2 aromatic rings. The Morgan fingerprint density at radius 2 is 1.85 bits per heavy atom. The van der Waals surface area contributed by atoms with Crippen LogP contribution in [0.5, 0.6) is 0 Å². The highest BCUT2D eigenvalue weighted by molar-refractivity contribution is 7.10. The van der Waals surface area contributed by atoms with Crippen LogP contribution in [0.1, 0.15) is 44.0 Å². The Balaban J connectivity index is 1.60. The van der Waals surface area contributed by atoms with Gasteiger partial charge in [-0.2, -0.15) is 0 Å². The second kappa shape index (κ2) is 8.14. The second-order valence-corrected chi connectivity index (χ2v) is 6.88. The molecule has 1 aromatic carbocycles. The normalized spacial score (nSPS) is 12.8. The van der Waals surface area contributed by atoms with Crippen LogP contribution in [0.3, 0.4) is 0 Å². The van der Waals surface area contributed by atoms with Crippen molar-refractivity contribution in [1.82, 2.24) is 0 Å². The van der Waals surface area contributed by atoms with Gasteiger partial charge in [-0.15, -0.1) is 11.3 Å². The molecule has 0 unspecified atom stereocenters. The highest BCUT2D eigenvalue weighted by Crippen LogP contribution is 2.30. The number of hydrogen-bond donors (Lipinski definition) is 1. The van der Waals surface area contributed by atoms with E-state index < -0.39 is 24.5 Å². The third-order valence-corrected chi connectivity index (χ3v) is 5.31. The third-order valence-electron chi connectivity index (χ3n) is 4.22. The molecule has 0 bridgehead atoms. The summed E-state index contributed by atoms with van der Waals surface area (Å²) in [6.07, 6.45) is 4.08. The standard InChI is InChI=1S/C19H19NO5S/c1-24-18(22)13-7-2-4-8-15(13)20-17(21)10-25-19(23)14-11-26-16-9-5-3-6-12(14)16/h2,4,7-8,11H,3,5-6,9-10H2,1H3,(H,20,21). The molecule has 0 spiro atoms. The Labute approximate surface area is 155 Å². The Morgan fingerprint density at radius 3 is 2.65 bits per heavy atom. The molecule has 1 amide bonds. The number of carbonyl (C=O) groups excluding carboxylic acids is 3. The number of carbonyl (C=O) groups is 3. The fraction of sp³-hybridized carbons (Fsp3) is 0.316. The van der Waals surface area contributed by atoms with Gasteiger partial charge in [0, 0.05) is 10.3 Å². The van der Waals surface area contributed by atoms with Gasteiger partial charge >= 0.3 is 11.9 Å². The Morgan fingerprint density at radius 1 is 1.08 bits per heavy atom. The maximum atomic E-state index is 12.3. The van der Waals surface area contributed by atoms with E-state index in [2.05, 4.69) is 10.1 Å². The lowest BCUT2D eigenvalue weighted by Crippen LogP contribution is -2.22. The second-order valence-electron chi connectivity index (χ2n) is 5.92. The van der Waals surface area contributed by atoms with Crippen LogP contribution in [0, 0.1) is 0 Å². The molecule has 0 aliphatic heterocycles. The van der Waals surface area contributed by atoms with Crippen molar-refractivity contribution in [1.29, 1.82) is 0 Å². The van der Waals surface area contributed by atoms with Gasteiger partial charge in [-0.25, -0.2) is 9.59 Å². The summed E-state index contributed by atoms with van der Waals surface area (Å²) < 4.78 is 9.84. The minimum atomic E-state index is -0.553. The van der Waals surface area contributed by atoms with Crippen molar-refractivity contribution in [2.45, 2.75) is 25.7 Å². The van der Waals surface area contributed by atoms with E-state index in [1.165, 1.54) is 12.0 Å². The zero-order chi connectivity index (χ0) is 18.5. The lowest BCUT2D eigenvalue weighted by molar-refractivity contribution is -0.119. The Hall–Kier alpha value is -2.67. The van der Waals surface area contributed by atoms with Gasteiger partial charge in [-0.3, -0.25) is 4.79 Å². The van der Waals surface area contributed by atoms with Crippen molar-refractivity contribution >= 4 is 34.9 Å². The van der Waals surface area contributed by atoms with Crippen LogP contribution in [0.4, 0.5) is 5.69 Å². The molecule has 0 fully saturated rings. The molecular weight excluding hydrogens is 354 g/mol. The minimum Gasteiger partial charge on any atom is -0.465 e. The zero-order valence-electron chi connectivity index (χ0n) is 14.4. The highest BCUT2D eigenvalue weighted by Gasteiger charge is 2.22. The van der Waals surface area contributed by atoms with Crippen LogP contribution >= 0.6 is 11.3 Å². The van der Waals surface area contributed by atoms with E-state index in [0.717, 1.165) is 31.2 Å². The van der Waals surface area contributed by atoms with Crippen molar-refractivity contribution in [2.75, 3.05) is 19.0 Å². The van der Waals surface area contributed by atoms with Crippen LogP contribution in [0.15, 0.2) is 29.6 Å². The summed E-state index contributed by atoms with van der Waals surface area (Å²) >= 11 is 1.57. The number of benzene rings is 1. The summed E-state index contributed by atoms with van der Waals surface area (Å²) in [5.74, 6) is -1.55. The first kappa shape index (κ1) is 18.1. The topological polar surface area (TPSA) is 81.7 Å². The molecule has 1 heterocycles. The van der Waals surface area contributed by atoms with Crippen molar-refractivity contribution in [3.05, 3.63) is 51.2 Å². The SMILES string of the molecule is COC(=O)c1ccccc1NC(=O)COC(=O)c1csc2c1CCCC2. The van der Waals surface area contributed by atoms with Crippen LogP contribution in [0.25, 0.3) is 0 Å². The molecule has 0 saturated carbocycles. The van der Waals surface area contributed by atoms with Gasteiger partial charge in [-0.1, -0.05) is 12.1 Å². The molecular formula is C19H19NO5S. The lowest BCUT2D eigenvalue weighted by Gasteiger charge is -2.12. The van der Waals surface area contributed by atoms with Crippen molar-refractivity contribution < 1.29 is 23.9 Å². The van der Waals surface area contributed by atoms with Crippen LogP contribution in [-0.4, -0.2) is 31.6 Å². The summed E-state index contributed by atoms with van der Waals surface area (Å²) in [5.41, 5.74) is 2.17. The molecule has 1 aliphatic carbocycles. The molecule has 1 N–H and O–H groups in total. The van der Waals surface area contributed by atoms with Crippen molar-refractivity contribution in [2.24, 2.45) is 0 Å². The molecule has 0 radical (unpaired) electrons. The first-order valence-electron chi connectivity index (χ1n) is 8.33. The van der Waals surface area contributed by atoms with Crippen molar-refractivity contribution in [3.8, 4) is 0 Å². The molecule has 0 saturated heterocycles. The maximum Gasteiger partial charge on any atom is 0.339 e. The number of nitrogens with one attached hydrogen (secondary N) is 1. The summed E-state index contributed by atoms with van der Waals surface area (Å²) in [5, 5.41) is 4.38. The molecule has 1 aromatic heterocycles. The predicted molar refractivity (Wildman–Crippen MR) is 97.7 cm³/mol. The lowest BCUT2D eigenvalue weighted by atomic mass is 9.96. The van der Waals surface area contributed by atoms with Gasteiger partial charge in [0.1, 0.15) is 0 Å². The smallest absolute Gasteiger partial charge is 0.339 e. The van der Waals surface area contributed by atoms with Gasteiger partial charge in [0.25, 0.3) is 5.91 Å². The molecule has 3 rings (SSSR count). The number of aryl methyl sites for hydroxylation is 1. The van der Waals surface area contributed by atoms with E-state index in [-0.39, 0.29) is 5.56 Å². The number of rotatable bonds is 5. The van der Waals surface area contributed by atoms with Crippen LogP contribution in [-0.2, 0) is 27.1 Å². The van der Waals surface area contributed by atoms with E-state index in [4.69, 9.17) is 4.74 Å². The number of thiophene rings is 1. The number of esters is 2. The van der Waals surface area contributed by atoms with Gasteiger partial charge in [0.2, 0.25) is 0 Å². The zero-order valence-corrected chi connectivity index (χ0v) is 15.2. The van der Waals surface area contributed by atoms with E-state index in [0.29, 0.717) is 11.3 Å². The number of ether oxygens (including phenoxy) is 2. The monoisotopic (exact) mass is 373 g/mol. The number of fused-ring (bicyclic) bond motifs is 1. The highest BCUT2D eigenvalue weighted by atomic mass is 32.1. The Bertz CT molecular complexity index is 842. The number of amides is 1. The summed E-state index contributed by atoms with van der Waals surface area (Å²) in [4.78, 5) is 37.3. The molecule has 6 nitrogen and oxygen atoms in total. The molecule has 1 aliphatic rings. The Kier molecular flexibility index (Phi) is 5.68. The fourth-order valence-corrected chi connectivity index (χ4v) is 4.06. The number of para-hydroxylation sites is 1. The first-order valence-corrected chi connectivity index (χ1v) is 9.21. The van der Waals surface area contributed by atoms with Gasteiger partial charge in [0.15, 0.2) is 6.61 Å². The number of anilines is 1. The van der Waals surface area contributed by atoms with Gasteiger partial charge in [0.05, 0.1) is 23.9 Å². The molecule has 0 atom stereocenters. The largest absolute Gasteiger partial charge is 0.465 e. The first-order chi connectivity index (χ1) is 12.6. The van der Waals surface area contributed by atoms with Gasteiger partial charge in [-0.05, 0) is 43.4 Å². The quantitative estimate of drug-likeness (QED) is 0.814. The average Bonchev–Trinajstić information content (AvgIpc) is 3.10. The van der Waals surface area contributed by atoms with E-state index in [1.807, 2.05) is 5.38 Å². The maximum absolute atomic E-state index is 12.3. The number of hydrogen-bond acceptors (Lipinski definition) is 6. The molecule has 26 heavy (non-hydrogen) atoms. The third kappa shape index (κ3) is 3.94. The van der Waals surface area contributed by atoms with Gasteiger partial charge < -0.3 is 14.8 Å². The van der Waals surface area contributed by atoms with E-state index >= 15 is 0 Å². The van der Waals surface area contributed by atoms with Crippen LogP contribution in [0.2, 0.25) is 0 Å². The minimum absolute atomic E-state index is 0.238. The fourth-order valence-electron chi connectivity index (χ4n) is 2.94. The summed E-state index contributed by atoms with van der Waals surface area (Å²) in [7, 11) is 1.27. The summed E-state index contributed by atoms with van der Waals surface area (Å²) in [6, 6.07) is 6.49. The summed E-state index contributed by atoms with van der Waals surface area (Å²) in [6.45, 7) is -0.418. The molecule has 136 valence electrons. The van der Waals surface area contributed by atoms with E-state index in [1.54, 1.807) is 35.6 Å². The number of methoxy groups -OCH3 is 1. The average molecular weight is 373 g/mol. The van der Waals surface area contributed by atoms with E-state index in [9.17, 15) is 14.4 Å². The van der Waals surface area contributed by atoms with Crippen molar-refractivity contribution in [3.63, 3.8) is 0 Å². The molecule has 7 heteroatoms. The van der Waals surface area contributed by atoms with Crippen LogP contribution < -0.4 is 5.32 Å².